The molecular formula is C15H22N2O3S. The highest BCUT2D eigenvalue weighted by Crippen LogP contribution is 2.23. The van der Waals surface area contributed by atoms with E-state index in [1.807, 2.05) is 12.1 Å². The van der Waals surface area contributed by atoms with Crippen molar-refractivity contribution in [1.82, 2.24) is 10.0 Å². The van der Waals surface area contributed by atoms with Gasteiger partial charge in [-0.2, -0.15) is 0 Å². The van der Waals surface area contributed by atoms with Crippen LogP contribution in [0, 0.1) is 0 Å². The fourth-order valence-corrected chi connectivity index (χ4v) is 4.37. The number of hydrogen-bond acceptors (Lipinski definition) is 4. The number of rotatable bonds is 4. The van der Waals surface area contributed by atoms with Crippen molar-refractivity contribution in [3.05, 3.63) is 29.3 Å². The summed E-state index contributed by atoms with van der Waals surface area (Å²) in [4.78, 5) is 0.428. The Kier molecular flexibility index (Phi) is 4.59. The molecular weight excluding hydrogens is 288 g/mol. The zero-order valence-electron chi connectivity index (χ0n) is 12.1. The maximum absolute atomic E-state index is 12.6. The van der Waals surface area contributed by atoms with E-state index in [1.54, 1.807) is 6.07 Å². The predicted molar refractivity (Wildman–Crippen MR) is 80.6 cm³/mol. The fraction of sp³-hybridized carbons (Fsp3) is 0.600. The molecule has 0 spiro atoms. The SMILES string of the molecule is O=S(=O)(NCC1CCCCO1)c1cccc2c1CCNC2. The highest BCUT2D eigenvalue weighted by atomic mass is 32.2. The second-order valence-electron chi connectivity index (χ2n) is 5.66. The Balaban J connectivity index is 1.75. The topological polar surface area (TPSA) is 67.4 Å². The van der Waals surface area contributed by atoms with Crippen LogP contribution in [0.3, 0.4) is 0 Å². The standard InChI is InChI=1S/C15H22N2O3S/c18-21(19,17-11-13-5-1-2-9-20-13)15-6-3-4-12-10-16-8-7-14(12)15/h3-4,6,13,16-17H,1-2,5,7-11H2. The number of nitrogens with one attached hydrogen (secondary N) is 2. The molecule has 1 fully saturated rings. The van der Waals surface area contributed by atoms with Crippen LogP contribution in [0.25, 0.3) is 0 Å². The Bertz CT molecular complexity index is 595. The van der Waals surface area contributed by atoms with Crippen LogP contribution < -0.4 is 10.0 Å². The Labute approximate surface area is 126 Å². The first-order valence-corrected chi connectivity index (χ1v) is 9.08. The van der Waals surface area contributed by atoms with Gasteiger partial charge in [-0.25, -0.2) is 13.1 Å². The first-order chi connectivity index (χ1) is 10.2. The minimum atomic E-state index is -3.46. The van der Waals surface area contributed by atoms with Crippen LogP contribution in [0.5, 0.6) is 0 Å². The number of benzene rings is 1. The summed E-state index contributed by atoms with van der Waals surface area (Å²) < 4.78 is 33.4. The summed E-state index contributed by atoms with van der Waals surface area (Å²) in [5.74, 6) is 0. The normalized spacial score (nSPS) is 22.8. The molecule has 0 saturated carbocycles. The molecule has 2 N–H and O–H groups in total. The molecule has 6 heteroatoms. The van der Waals surface area contributed by atoms with Crippen molar-refractivity contribution in [2.75, 3.05) is 19.7 Å². The van der Waals surface area contributed by atoms with Crippen LogP contribution in [-0.2, 0) is 27.7 Å². The van der Waals surface area contributed by atoms with Crippen LogP contribution >= 0.6 is 0 Å². The van der Waals surface area contributed by atoms with Gasteiger partial charge in [0.05, 0.1) is 11.0 Å². The molecule has 1 aromatic carbocycles. The van der Waals surface area contributed by atoms with Crippen molar-refractivity contribution in [1.29, 1.82) is 0 Å². The summed E-state index contributed by atoms with van der Waals surface area (Å²) in [5, 5.41) is 3.27. The molecule has 2 heterocycles. The molecule has 0 aliphatic carbocycles. The lowest BCUT2D eigenvalue weighted by atomic mass is 10.0. The fourth-order valence-electron chi connectivity index (χ4n) is 3.00. The van der Waals surface area contributed by atoms with Crippen LogP contribution in [0.1, 0.15) is 30.4 Å². The van der Waals surface area contributed by atoms with Gasteiger partial charge in [0.1, 0.15) is 0 Å². The second kappa shape index (κ2) is 6.44. The van der Waals surface area contributed by atoms with E-state index in [4.69, 9.17) is 4.74 Å². The first kappa shape index (κ1) is 15.0. The summed E-state index contributed by atoms with van der Waals surface area (Å²) >= 11 is 0. The third-order valence-electron chi connectivity index (χ3n) is 4.16. The van der Waals surface area contributed by atoms with Crippen molar-refractivity contribution in [2.45, 2.75) is 43.2 Å². The van der Waals surface area contributed by atoms with Gasteiger partial charge in [-0.15, -0.1) is 0 Å². The smallest absolute Gasteiger partial charge is 0.240 e. The molecule has 3 rings (SSSR count). The molecule has 0 bridgehead atoms. The molecule has 116 valence electrons. The van der Waals surface area contributed by atoms with E-state index >= 15 is 0 Å². The first-order valence-electron chi connectivity index (χ1n) is 7.59. The molecule has 1 atom stereocenters. The molecule has 1 saturated heterocycles. The number of fused-ring (bicyclic) bond motifs is 1. The molecule has 2 aliphatic rings. The average molecular weight is 310 g/mol. The monoisotopic (exact) mass is 310 g/mol. The molecule has 1 aromatic rings. The minimum Gasteiger partial charge on any atom is -0.377 e. The van der Waals surface area contributed by atoms with Crippen molar-refractivity contribution in [3.8, 4) is 0 Å². The van der Waals surface area contributed by atoms with E-state index in [0.717, 1.165) is 56.5 Å². The van der Waals surface area contributed by atoms with E-state index in [0.29, 0.717) is 11.4 Å². The lowest BCUT2D eigenvalue weighted by Crippen LogP contribution is -2.36. The molecule has 2 aliphatic heterocycles. The lowest BCUT2D eigenvalue weighted by molar-refractivity contribution is 0.0200. The molecule has 0 radical (unpaired) electrons. The van der Waals surface area contributed by atoms with Gasteiger partial charge >= 0.3 is 0 Å². The zero-order valence-corrected chi connectivity index (χ0v) is 12.9. The molecule has 0 amide bonds. The minimum absolute atomic E-state index is 0.00901. The van der Waals surface area contributed by atoms with E-state index < -0.39 is 10.0 Å². The van der Waals surface area contributed by atoms with Crippen molar-refractivity contribution < 1.29 is 13.2 Å². The van der Waals surface area contributed by atoms with Gasteiger partial charge in [0.25, 0.3) is 0 Å². The van der Waals surface area contributed by atoms with Crippen LogP contribution in [0.2, 0.25) is 0 Å². The van der Waals surface area contributed by atoms with Gasteiger partial charge in [-0.05, 0) is 49.4 Å². The summed E-state index contributed by atoms with van der Waals surface area (Å²) in [6.45, 7) is 2.67. The maximum Gasteiger partial charge on any atom is 0.240 e. The highest BCUT2D eigenvalue weighted by Gasteiger charge is 2.23. The quantitative estimate of drug-likeness (QED) is 0.876. The van der Waals surface area contributed by atoms with Gasteiger partial charge in [0.2, 0.25) is 10.0 Å². The predicted octanol–water partition coefficient (Wildman–Crippen LogP) is 1.18. The third-order valence-corrected chi connectivity index (χ3v) is 5.67. The highest BCUT2D eigenvalue weighted by molar-refractivity contribution is 7.89. The zero-order chi connectivity index (χ0) is 14.7. The van der Waals surface area contributed by atoms with Gasteiger partial charge in [-0.1, -0.05) is 12.1 Å². The van der Waals surface area contributed by atoms with Crippen LogP contribution in [0.15, 0.2) is 23.1 Å². The van der Waals surface area contributed by atoms with Gasteiger partial charge in [0.15, 0.2) is 0 Å². The van der Waals surface area contributed by atoms with E-state index in [9.17, 15) is 8.42 Å². The molecule has 0 aromatic heterocycles. The van der Waals surface area contributed by atoms with Gasteiger partial charge in [0, 0.05) is 19.7 Å². The average Bonchev–Trinajstić information content (AvgIpc) is 2.53. The van der Waals surface area contributed by atoms with Crippen LogP contribution in [-0.4, -0.2) is 34.2 Å². The van der Waals surface area contributed by atoms with E-state index in [1.165, 1.54) is 0 Å². The summed E-state index contributed by atoms with van der Waals surface area (Å²) in [6.07, 6.45) is 3.88. The van der Waals surface area contributed by atoms with Crippen molar-refractivity contribution >= 4 is 10.0 Å². The third kappa shape index (κ3) is 3.45. The number of ether oxygens (including phenoxy) is 1. The molecule has 1 unspecified atom stereocenters. The van der Waals surface area contributed by atoms with Gasteiger partial charge in [-0.3, -0.25) is 0 Å². The molecule has 21 heavy (non-hydrogen) atoms. The maximum atomic E-state index is 12.6. The lowest BCUT2D eigenvalue weighted by Gasteiger charge is -2.24. The van der Waals surface area contributed by atoms with Crippen molar-refractivity contribution in [3.63, 3.8) is 0 Å². The summed E-state index contributed by atoms with van der Waals surface area (Å²) in [7, 11) is -3.46. The van der Waals surface area contributed by atoms with Crippen molar-refractivity contribution in [2.24, 2.45) is 0 Å². The largest absolute Gasteiger partial charge is 0.377 e. The van der Waals surface area contributed by atoms with Gasteiger partial charge < -0.3 is 10.1 Å². The summed E-state index contributed by atoms with van der Waals surface area (Å²) in [5.41, 5.74) is 2.03. The number of sulfonamides is 1. The Morgan fingerprint density at radius 1 is 1.33 bits per heavy atom. The molecule has 5 nitrogen and oxygen atoms in total. The summed E-state index contributed by atoms with van der Waals surface area (Å²) in [6, 6.07) is 5.51. The second-order valence-corrected chi connectivity index (χ2v) is 7.40. The number of hydrogen-bond donors (Lipinski definition) is 2. The Morgan fingerprint density at radius 2 is 2.24 bits per heavy atom. The Morgan fingerprint density at radius 3 is 3.05 bits per heavy atom. The van der Waals surface area contributed by atoms with Crippen LogP contribution in [0.4, 0.5) is 0 Å². The van der Waals surface area contributed by atoms with E-state index in [-0.39, 0.29) is 6.10 Å². The van der Waals surface area contributed by atoms with E-state index in [2.05, 4.69) is 10.0 Å². The Hall–Kier alpha value is -0.950.